The van der Waals surface area contributed by atoms with Gasteiger partial charge in [-0.25, -0.2) is 4.68 Å². The van der Waals surface area contributed by atoms with Crippen LogP contribution in [0.3, 0.4) is 0 Å². The van der Waals surface area contributed by atoms with Crippen molar-refractivity contribution in [1.29, 1.82) is 0 Å². The van der Waals surface area contributed by atoms with E-state index in [0.717, 1.165) is 11.3 Å². The quantitative estimate of drug-likeness (QED) is 0.646. The largest absolute Gasteiger partial charge is 0.492 e. The number of rotatable bonds is 7. The minimum atomic E-state index is -0.247. The average Bonchev–Trinajstić information content (AvgIpc) is 2.94. The molecule has 3 rings (SSSR count). The maximum absolute atomic E-state index is 12.5. The second kappa shape index (κ2) is 8.54. The van der Waals surface area contributed by atoms with E-state index in [-0.39, 0.29) is 5.91 Å². The number of hydrogen-bond acceptors (Lipinski definition) is 3. The molecule has 1 aromatic heterocycles. The van der Waals surface area contributed by atoms with Gasteiger partial charge in [0.25, 0.3) is 5.91 Å². The molecule has 0 aliphatic carbocycles. The second-order valence-corrected chi connectivity index (χ2v) is 6.17. The van der Waals surface area contributed by atoms with Gasteiger partial charge in [-0.1, -0.05) is 60.1 Å². The van der Waals surface area contributed by atoms with Crippen molar-refractivity contribution in [2.45, 2.75) is 13.5 Å². The molecule has 1 N–H and O–H groups in total. The molecule has 2 aromatic carbocycles. The number of amides is 1. The third kappa shape index (κ3) is 4.43. The predicted molar refractivity (Wildman–Crippen MR) is 102 cm³/mol. The molecule has 6 heteroatoms. The third-order valence-electron chi connectivity index (χ3n) is 3.87. The van der Waals surface area contributed by atoms with Gasteiger partial charge >= 0.3 is 0 Å². The van der Waals surface area contributed by atoms with Gasteiger partial charge in [0.1, 0.15) is 17.5 Å². The number of aryl methyl sites for hydroxylation is 1. The Labute approximate surface area is 157 Å². The summed E-state index contributed by atoms with van der Waals surface area (Å²) in [4.78, 5) is 12.5. The summed E-state index contributed by atoms with van der Waals surface area (Å²) in [5.74, 6) is 0.523. The summed E-state index contributed by atoms with van der Waals surface area (Å²) in [5.41, 5.74) is 2.08. The molecule has 0 atom stereocenters. The Hall–Kier alpha value is -2.79. The van der Waals surface area contributed by atoms with Crippen LogP contribution in [0, 0.1) is 6.92 Å². The number of carbonyl (C=O) groups excluding carboxylic acids is 1. The Morgan fingerprint density at radius 1 is 1.12 bits per heavy atom. The van der Waals surface area contributed by atoms with Crippen LogP contribution in [0.5, 0.6) is 5.75 Å². The van der Waals surface area contributed by atoms with Crippen LogP contribution in [0.2, 0.25) is 5.15 Å². The molecule has 0 saturated heterocycles. The van der Waals surface area contributed by atoms with Crippen molar-refractivity contribution in [2.75, 3.05) is 13.2 Å². The van der Waals surface area contributed by atoms with Crippen molar-refractivity contribution in [1.82, 2.24) is 15.1 Å². The van der Waals surface area contributed by atoms with Crippen molar-refractivity contribution < 1.29 is 9.53 Å². The van der Waals surface area contributed by atoms with Crippen LogP contribution < -0.4 is 10.1 Å². The van der Waals surface area contributed by atoms with Crippen molar-refractivity contribution in [2.24, 2.45) is 0 Å². The number of carbonyl (C=O) groups is 1. The minimum absolute atomic E-state index is 0.247. The molecule has 1 heterocycles. The van der Waals surface area contributed by atoms with E-state index in [1.165, 1.54) is 0 Å². The lowest BCUT2D eigenvalue weighted by Crippen LogP contribution is -2.28. The Kier molecular flexibility index (Phi) is 5.92. The lowest BCUT2D eigenvalue weighted by atomic mass is 10.2. The van der Waals surface area contributed by atoms with Crippen LogP contribution in [0.25, 0.3) is 0 Å². The summed E-state index contributed by atoms with van der Waals surface area (Å²) in [7, 11) is 0. The fraction of sp³-hybridized carbons (Fsp3) is 0.200. The first-order chi connectivity index (χ1) is 12.6. The number of para-hydroxylation sites is 1. The molecular formula is C20H20ClN3O2. The summed E-state index contributed by atoms with van der Waals surface area (Å²) in [6.07, 6.45) is 0. The topological polar surface area (TPSA) is 56.2 Å². The van der Waals surface area contributed by atoms with E-state index in [4.69, 9.17) is 16.3 Å². The third-order valence-corrected chi connectivity index (χ3v) is 4.25. The van der Waals surface area contributed by atoms with Gasteiger partial charge in [0, 0.05) is 0 Å². The van der Waals surface area contributed by atoms with Crippen LogP contribution >= 0.6 is 11.6 Å². The van der Waals surface area contributed by atoms with E-state index in [9.17, 15) is 4.79 Å². The van der Waals surface area contributed by atoms with Crippen molar-refractivity contribution in [3.8, 4) is 5.75 Å². The van der Waals surface area contributed by atoms with Crippen LogP contribution in [-0.2, 0) is 6.54 Å². The van der Waals surface area contributed by atoms with E-state index in [1.807, 2.05) is 60.7 Å². The number of aromatic nitrogens is 2. The van der Waals surface area contributed by atoms with Crippen molar-refractivity contribution in [3.05, 3.63) is 82.6 Å². The molecule has 1 amide bonds. The van der Waals surface area contributed by atoms with Crippen LogP contribution in [-0.4, -0.2) is 28.8 Å². The van der Waals surface area contributed by atoms with Gasteiger partial charge in [-0.2, -0.15) is 5.10 Å². The molecule has 26 heavy (non-hydrogen) atoms. The molecule has 0 radical (unpaired) electrons. The van der Waals surface area contributed by atoms with Gasteiger partial charge < -0.3 is 10.1 Å². The molecular weight excluding hydrogens is 350 g/mol. The molecule has 0 saturated carbocycles. The van der Waals surface area contributed by atoms with E-state index >= 15 is 0 Å². The Morgan fingerprint density at radius 3 is 2.46 bits per heavy atom. The highest BCUT2D eigenvalue weighted by Crippen LogP contribution is 2.20. The van der Waals surface area contributed by atoms with Crippen LogP contribution in [0.4, 0.5) is 0 Å². The smallest absolute Gasteiger partial charge is 0.256 e. The van der Waals surface area contributed by atoms with Gasteiger partial charge in [0.15, 0.2) is 0 Å². The van der Waals surface area contributed by atoms with Gasteiger partial charge in [-0.05, 0) is 24.6 Å². The summed E-state index contributed by atoms with van der Waals surface area (Å²) >= 11 is 6.39. The van der Waals surface area contributed by atoms with E-state index in [2.05, 4.69) is 10.4 Å². The number of ether oxygens (including phenoxy) is 1. The lowest BCUT2D eigenvalue weighted by Gasteiger charge is -2.08. The summed E-state index contributed by atoms with van der Waals surface area (Å²) in [6, 6.07) is 19.3. The molecule has 0 aliphatic rings. The highest BCUT2D eigenvalue weighted by molar-refractivity contribution is 6.33. The molecule has 0 bridgehead atoms. The average molecular weight is 370 g/mol. The first-order valence-corrected chi connectivity index (χ1v) is 8.76. The SMILES string of the molecule is Cc1nn(Cc2ccccc2)c(Cl)c1C(=O)NCCOc1ccccc1. The number of nitrogens with zero attached hydrogens (tertiary/aromatic N) is 2. The molecule has 0 spiro atoms. The molecule has 3 aromatic rings. The summed E-state index contributed by atoms with van der Waals surface area (Å²) in [5, 5.41) is 7.56. The molecule has 0 aliphatic heterocycles. The summed E-state index contributed by atoms with van der Waals surface area (Å²) < 4.78 is 7.21. The van der Waals surface area contributed by atoms with Gasteiger partial charge in [0.2, 0.25) is 0 Å². The summed E-state index contributed by atoms with van der Waals surface area (Å²) in [6.45, 7) is 3.06. The van der Waals surface area contributed by atoms with E-state index in [0.29, 0.717) is 36.1 Å². The number of halogens is 1. The van der Waals surface area contributed by atoms with E-state index in [1.54, 1.807) is 11.6 Å². The van der Waals surface area contributed by atoms with Crippen molar-refractivity contribution >= 4 is 17.5 Å². The van der Waals surface area contributed by atoms with Crippen LogP contribution in [0.15, 0.2) is 60.7 Å². The fourth-order valence-corrected chi connectivity index (χ4v) is 2.93. The molecule has 0 unspecified atom stereocenters. The number of benzene rings is 2. The van der Waals surface area contributed by atoms with Gasteiger partial charge in [0.05, 0.1) is 24.3 Å². The Morgan fingerprint density at radius 2 is 1.77 bits per heavy atom. The zero-order valence-electron chi connectivity index (χ0n) is 14.5. The van der Waals surface area contributed by atoms with E-state index < -0.39 is 0 Å². The first kappa shape index (κ1) is 18.0. The highest BCUT2D eigenvalue weighted by Gasteiger charge is 2.20. The van der Waals surface area contributed by atoms with Crippen LogP contribution in [0.1, 0.15) is 21.6 Å². The fourth-order valence-electron chi connectivity index (χ4n) is 2.61. The standard InChI is InChI=1S/C20H20ClN3O2/c1-15-18(19(21)24(23-15)14-16-8-4-2-5-9-16)20(25)22-12-13-26-17-10-6-3-7-11-17/h2-11H,12-14H2,1H3,(H,22,25). The molecule has 134 valence electrons. The highest BCUT2D eigenvalue weighted by atomic mass is 35.5. The Bertz CT molecular complexity index is 864. The number of hydrogen-bond donors (Lipinski definition) is 1. The minimum Gasteiger partial charge on any atom is -0.492 e. The maximum Gasteiger partial charge on any atom is 0.256 e. The zero-order valence-corrected chi connectivity index (χ0v) is 15.2. The lowest BCUT2D eigenvalue weighted by molar-refractivity contribution is 0.0946. The zero-order chi connectivity index (χ0) is 18.4. The maximum atomic E-state index is 12.5. The second-order valence-electron chi connectivity index (χ2n) is 5.81. The van der Waals surface area contributed by atoms with Gasteiger partial charge in [-0.3, -0.25) is 4.79 Å². The molecule has 0 fully saturated rings. The van der Waals surface area contributed by atoms with Crippen molar-refractivity contribution in [3.63, 3.8) is 0 Å². The molecule has 5 nitrogen and oxygen atoms in total. The predicted octanol–water partition coefficient (Wildman–Crippen LogP) is 3.70. The van der Waals surface area contributed by atoms with Gasteiger partial charge in [-0.15, -0.1) is 0 Å². The normalized spacial score (nSPS) is 10.5. The number of nitrogens with one attached hydrogen (secondary N) is 1. The Balaban J connectivity index is 1.59. The first-order valence-electron chi connectivity index (χ1n) is 8.38. The monoisotopic (exact) mass is 369 g/mol.